The molecule has 0 aliphatic heterocycles. The van der Waals surface area contributed by atoms with E-state index >= 15 is 0 Å². The highest BCUT2D eigenvalue weighted by atomic mass is 32.1. The standard InChI is InChI=1S/C14H25N3O2S/c1-10-11(20-9-16-10)7-17-14(5,6)8-15-12(18)19-13(2,3)4/h9,17H,7-8H2,1-6H3,(H,15,18). The Morgan fingerprint density at radius 2 is 2.00 bits per heavy atom. The first-order valence-electron chi connectivity index (χ1n) is 6.70. The van der Waals surface area contributed by atoms with E-state index in [4.69, 9.17) is 4.74 Å². The van der Waals surface area contributed by atoms with E-state index in [9.17, 15) is 4.79 Å². The highest BCUT2D eigenvalue weighted by molar-refractivity contribution is 7.09. The van der Waals surface area contributed by atoms with Crippen LogP contribution in [0, 0.1) is 6.92 Å². The average Bonchev–Trinajstić information content (AvgIpc) is 2.68. The van der Waals surface area contributed by atoms with Crippen molar-refractivity contribution in [1.29, 1.82) is 0 Å². The topological polar surface area (TPSA) is 63.2 Å². The number of hydrogen-bond acceptors (Lipinski definition) is 5. The molecule has 0 saturated carbocycles. The molecule has 0 radical (unpaired) electrons. The van der Waals surface area contributed by atoms with Crippen LogP contribution in [0.2, 0.25) is 0 Å². The van der Waals surface area contributed by atoms with Crippen molar-refractivity contribution in [2.75, 3.05) is 6.54 Å². The smallest absolute Gasteiger partial charge is 0.407 e. The normalized spacial score (nSPS) is 12.3. The summed E-state index contributed by atoms with van der Waals surface area (Å²) < 4.78 is 5.22. The van der Waals surface area contributed by atoms with E-state index in [2.05, 4.69) is 15.6 Å². The van der Waals surface area contributed by atoms with E-state index < -0.39 is 5.60 Å². The highest BCUT2D eigenvalue weighted by Crippen LogP contribution is 2.13. The van der Waals surface area contributed by atoms with Crippen LogP contribution in [0.4, 0.5) is 4.79 Å². The Balaban J connectivity index is 2.38. The molecule has 5 nitrogen and oxygen atoms in total. The van der Waals surface area contributed by atoms with Crippen LogP contribution in [-0.4, -0.2) is 28.8 Å². The van der Waals surface area contributed by atoms with Crippen molar-refractivity contribution in [3.63, 3.8) is 0 Å². The molecule has 0 aliphatic carbocycles. The Hall–Kier alpha value is -1.14. The van der Waals surface area contributed by atoms with Crippen LogP contribution in [-0.2, 0) is 11.3 Å². The van der Waals surface area contributed by atoms with Crippen LogP contribution in [0.3, 0.4) is 0 Å². The first kappa shape index (κ1) is 16.9. The van der Waals surface area contributed by atoms with Gasteiger partial charge in [-0.05, 0) is 41.5 Å². The minimum absolute atomic E-state index is 0.215. The first-order chi connectivity index (χ1) is 9.09. The van der Waals surface area contributed by atoms with Crippen molar-refractivity contribution in [3.05, 3.63) is 16.1 Å². The van der Waals surface area contributed by atoms with Crippen molar-refractivity contribution in [1.82, 2.24) is 15.6 Å². The molecule has 0 bridgehead atoms. The molecule has 20 heavy (non-hydrogen) atoms. The van der Waals surface area contributed by atoms with Crippen molar-refractivity contribution < 1.29 is 9.53 Å². The lowest BCUT2D eigenvalue weighted by Crippen LogP contribution is -2.49. The second-order valence-corrected chi connectivity index (χ2v) is 7.39. The number of ether oxygens (including phenoxy) is 1. The van der Waals surface area contributed by atoms with Crippen molar-refractivity contribution >= 4 is 17.4 Å². The van der Waals surface area contributed by atoms with Gasteiger partial charge in [-0.2, -0.15) is 0 Å². The second kappa shape index (κ2) is 6.54. The van der Waals surface area contributed by atoms with Crippen molar-refractivity contribution in [2.45, 2.75) is 59.2 Å². The zero-order valence-corrected chi connectivity index (χ0v) is 14.0. The Labute approximate surface area is 125 Å². The summed E-state index contributed by atoms with van der Waals surface area (Å²) in [6.45, 7) is 12.9. The lowest BCUT2D eigenvalue weighted by molar-refractivity contribution is 0.0513. The highest BCUT2D eigenvalue weighted by Gasteiger charge is 2.21. The molecule has 1 aromatic heterocycles. The fourth-order valence-corrected chi connectivity index (χ4v) is 2.20. The number of carbonyl (C=O) groups is 1. The maximum absolute atomic E-state index is 11.6. The Morgan fingerprint density at radius 3 is 2.50 bits per heavy atom. The molecule has 0 saturated heterocycles. The number of carbonyl (C=O) groups excluding carboxylic acids is 1. The van der Waals surface area contributed by atoms with E-state index in [0.717, 1.165) is 12.2 Å². The van der Waals surface area contributed by atoms with Gasteiger partial charge < -0.3 is 15.4 Å². The number of amides is 1. The maximum atomic E-state index is 11.6. The lowest BCUT2D eigenvalue weighted by atomic mass is 10.1. The Kier molecular flexibility index (Phi) is 5.53. The van der Waals surface area contributed by atoms with Crippen LogP contribution in [0.25, 0.3) is 0 Å². The van der Waals surface area contributed by atoms with Gasteiger partial charge >= 0.3 is 6.09 Å². The third kappa shape index (κ3) is 6.34. The number of hydrogen-bond donors (Lipinski definition) is 2. The molecule has 0 aliphatic rings. The summed E-state index contributed by atoms with van der Waals surface area (Å²) >= 11 is 1.64. The largest absolute Gasteiger partial charge is 0.444 e. The summed E-state index contributed by atoms with van der Waals surface area (Å²) in [6, 6.07) is 0. The lowest BCUT2D eigenvalue weighted by Gasteiger charge is -2.27. The van der Waals surface area contributed by atoms with Crippen LogP contribution < -0.4 is 10.6 Å². The molecule has 0 spiro atoms. The molecule has 114 valence electrons. The molecule has 0 unspecified atom stereocenters. The maximum Gasteiger partial charge on any atom is 0.407 e. The van der Waals surface area contributed by atoms with E-state index in [0.29, 0.717) is 6.54 Å². The van der Waals surface area contributed by atoms with Crippen molar-refractivity contribution in [3.8, 4) is 0 Å². The summed E-state index contributed by atoms with van der Waals surface area (Å²) in [5.41, 5.74) is 2.21. The molecule has 1 heterocycles. The molecular weight excluding hydrogens is 274 g/mol. The molecule has 0 atom stereocenters. The Bertz CT molecular complexity index is 450. The number of rotatable bonds is 5. The zero-order chi connectivity index (χ0) is 15.4. The van der Waals surface area contributed by atoms with E-state index in [1.54, 1.807) is 11.3 Å². The molecule has 1 rings (SSSR count). The second-order valence-electron chi connectivity index (χ2n) is 6.45. The predicted molar refractivity (Wildman–Crippen MR) is 82.0 cm³/mol. The third-order valence-electron chi connectivity index (χ3n) is 2.65. The summed E-state index contributed by atoms with van der Waals surface area (Å²) in [5.74, 6) is 0. The molecule has 0 fully saturated rings. The van der Waals surface area contributed by atoms with Gasteiger partial charge in [0.2, 0.25) is 0 Å². The SMILES string of the molecule is Cc1ncsc1CNC(C)(C)CNC(=O)OC(C)(C)C. The molecule has 0 aromatic carbocycles. The minimum Gasteiger partial charge on any atom is -0.444 e. The van der Waals surface area contributed by atoms with E-state index in [-0.39, 0.29) is 11.6 Å². The van der Waals surface area contributed by atoms with Gasteiger partial charge in [0, 0.05) is 23.5 Å². The fraction of sp³-hybridized carbons (Fsp3) is 0.714. The predicted octanol–water partition coefficient (Wildman–Crippen LogP) is 2.84. The number of nitrogens with one attached hydrogen (secondary N) is 2. The average molecular weight is 299 g/mol. The van der Waals surface area contributed by atoms with Gasteiger partial charge in [-0.1, -0.05) is 0 Å². The number of aryl methyl sites for hydroxylation is 1. The summed E-state index contributed by atoms with van der Waals surface area (Å²) in [5, 5.41) is 6.21. The van der Waals surface area contributed by atoms with E-state index in [1.807, 2.05) is 47.1 Å². The van der Waals surface area contributed by atoms with Gasteiger partial charge in [0.05, 0.1) is 11.2 Å². The van der Waals surface area contributed by atoms with Gasteiger partial charge in [0.1, 0.15) is 5.60 Å². The molecule has 1 amide bonds. The monoisotopic (exact) mass is 299 g/mol. The molecular formula is C14H25N3O2S. The summed E-state index contributed by atoms with van der Waals surface area (Å²) in [7, 11) is 0. The van der Waals surface area contributed by atoms with E-state index in [1.165, 1.54) is 4.88 Å². The van der Waals surface area contributed by atoms with Gasteiger partial charge in [0.15, 0.2) is 0 Å². The molecule has 1 aromatic rings. The van der Waals surface area contributed by atoms with Gasteiger partial charge in [-0.15, -0.1) is 11.3 Å². The quantitative estimate of drug-likeness (QED) is 0.877. The number of nitrogens with zero attached hydrogens (tertiary/aromatic N) is 1. The Morgan fingerprint density at radius 1 is 1.35 bits per heavy atom. The summed E-state index contributed by atoms with van der Waals surface area (Å²) in [6.07, 6.45) is -0.388. The summed E-state index contributed by atoms with van der Waals surface area (Å²) in [4.78, 5) is 17.1. The molecule has 2 N–H and O–H groups in total. The fourth-order valence-electron chi connectivity index (χ4n) is 1.49. The van der Waals surface area contributed by atoms with Crippen LogP contribution in [0.5, 0.6) is 0 Å². The van der Waals surface area contributed by atoms with Gasteiger partial charge in [0.25, 0.3) is 0 Å². The van der Waals surface area contributed by atoms with Crippen LogP contribution >= 0.6 is 11.3 Å². The number of alkyl carbamates (subject to hydrolysis) is 1. The van der Waals surface area contributed by atoms with Crippen LogP contribution in [0.1, 0.15) is 45.2 Å². The number of thiazole rings is 1. The third-order valence-corrected chi connectivity index (χ3v) is 3.58. The van der Waals surface area contributed by atoms with Crippen LogP contribution in [0.15, 0.2) is 5.51 Å². The first-order valence-corrected chi connectivity index (χ1v) is 7.58. The zero-order valence-electron chi connectivity index (χ0n) is 13.2. The van der Waals surface area contributed by atoms with Crippen molar-refractivity contribution in [2.24, 2.45) is 0 Å². The van der Waals surface area contributed by atoms with Gasteiger partial charge in [-0.25, -0.2) is 9.78 Å². The number of aromatic nitrogens is 1. The molecule has 6 heteroatoms. The van der Waals surface area contributed by atoms with Gasteiger partial charge in [-0.3, -0.25) is 0 Å². The minimum atomic E-state index is -0.471.